The molecular formula is C15H19Cl2NO3. The number of amides is 1. The van der Waals surface area contributed by atoms with Crippen LogP contribution >= 0.6 is 23.2 Å². The van der Waals surface area contributed by atoms with E-state index in [-0.39, 0.29) is 12.5 Å². The molecule has 0 spiro atoms. The first kappa shape index (κ1) is 16.6. The van der Waals surface area contributed by atoms with Gasteiger partial charge in [-0.2, -0.15) is 0 Å². The fraction of sp³-hybridized carbons (Fsp3) is 0.533. The van der Waals surface area contributed by atoms with Crippen LogP contribution in [-0.2, 0) is 9.53 Å². The molecule has 0 heterocycles. The van der Waals surface area contributed by atoms with Gasteiger partial charge in [-0.25, -0.2) is 0 Å². The van der Waals surface area contributed by atoms with Crippen LogP contribution in [0.1, 0.15) is 31.4 Å². The van der Waals surface area contributed by atoms with Gasteiger partial charge in [0.1, 0.15) is 6.10 Å². The maximum absolute atomic E-state index is 11.9. The van der Waals surface area contributed by atoms with E-state index in [4.69, 9.17) is 27.9 Å². The second kappa shape index (κ2) is 7.45. The molecule has 1 saturated carbocycles. The summed E-state index contributed by atoms with van der Waals surface area (Å²) in [6.45, 7) is 2.36. The number of rotatable bonds is 7. The van der Waals surface area contributed by atoms with E-state index in [1.807, 2.05) is 0 Å². The minimum absolute atomic E-state index is 0.0411. The highest BCUT2D eigenvalue weighted by Gasteiger charge is 2.24. The Balaban J connectivity index is 1.82. The number of carbonyl (C=O) groups excluding carboxylic acids is 1. The molecule has 1 aromatic rings. The van der Waals surface area contributed by atoms with Gasteiger partial charge in [-0.1, -0.05) is 29.3 Å². The summed E-state index contributed by atoms with van der Waals surface area (Å²) < 4.78 is 5.47. The first-order valence-corrected chi connectivity index (χ1v) is 7.76. The van der Waals surface area contributed by atoms with Gasteiger partial charge in [-0.15, -0.1) is 0 Å². The molecule has 2 N–H and O–H groups in total. The molecule has 1 amide bonds. The van der Waals surface area contributed by atoms with E-state index < -0.39 is 12.2 Å². The van der Waals surface area contributed by atoms with Gasteiger partial charge in [0.2, 0.25) is 5.91 Å². The van der Waals surface area contributed by atoms with Crippen molar-refractivity contribution < 1.29 is 14.6 Å². The van der Waals surface area contributed by atoms with Gasteiger partial charge in [0, 0.05) is 22.2 Å². The van der Waals surface area contributed by atoms with E-state index in [0.717, 1.165) is 0 Å². The molecule has 0 saturated heterocycles. The molecule has 21 heavy (non-hydrogen) atoms. The molecular weight excluding hydrogens is 313 g/mol. The number of hydrogen-bond acceptors (Lipinski definition) is 3. The van der Waals surface area contributed by atoms with Gasteiger partial charge in [0.15, 0.2) is 0 Å². The molecule has 116 valence electrons. The lowest BCUT2D eigenvalue weighted by atomic mass is 10.1. The molecule has 0 aliphatic heterocycles. The molecule has 6 heteroatoms. The third-order valence-electron chi connectivity index (χ3n) is 3.45. The van der Waals surface area contributed by atoms with Crippen LogP contribution in [0.15, 0.2) is 18.2 Å². The smallest absolute Gasteiger partial charge is 0.248 e. The molecule has 2 rings (SSSR count). The molecule has 1 fully saturated rings. The Hall–Kier alpha value is -0.810. The van der Waals surface area contributed by atoms with Crippen molar-refractivity contribution in [2.45, 2.75) is 32.0 Å². The average Bonchev–Trinajstić information content (AvgIpc) is 3.26. The monoisotopic (exact) mass is 331 g/mol. The van der Waals surface area contributed by atoms with Crippen LogP contribution in [0.25, 0.3) is 0 Å². The molecule has 0 radical (unpaired) electrons. The SMILES string of the molecule is C[C@H](OCC1CC1)C(=O)NC[C@H](O)c1c(Cl)cccc1Cl. The van der Waals surface area contributed by atoms with Gasteiger partial charge in [-0.05, 0) is 37.8 Å². The number of halogens is 2. The Labute approximate surface area is 134 Å². The first-order valence-electron chi connectivity index (χ1n) is 7.00. The number of aliphatic hydroxyl groups excluding tert-OH is 1. The number of nitrogens with one attached hydrogen (secondary N) is 1. The molecule has 1 aromatic carbocycles. The van der Waals surface area contributed by atoms with Crippen molar-refractivity contribution in [3.63, 3.8) is 0 Å². The third-order valence-corrected chi connectivity index (χ3v) is 4.11. The highest BCUT2D eigenvalue weighted by molar-refractivity contribution is 6.36. The van der Waals surface area contributed by atoms with Crippen LogP contribution < -0.4 is 5.32 Å². The molecule has 1 aliphatic carbocycles. The fourth-order valence-electron chi connectivity index (χ4n) is 1.91. The van der Waals surface area contributed by atoms with Crippen LogP contribution in [0.4, 0.5) is 0 Å². The topological polar surface area (TPSA) is 58.6 Å². The Morgan fingerprint density at radius 2 is 2.05 bits per heavy atom. The van der Waals surface area contributed by atoms with Crippen molar-refractivity contribution in [1.82, 2.24) is 5.32 Å². The highest BCUT2D eigenvalue weighted by Crippen LogP contribution is 2.30. The second-order valence-electron chi connectivity index (χ2n) is 5.32. The van der Waals surface area contributed by atoms with Crippen molar-refractivity contribution in [3.8, 4) is 0 Å². The van der Waals surface area contributed by atoms with Gasteiger partial charge >= 0.3 is 0 Å². The summed E-state index contributed by atoms with van der Waals surface area (Å²) in [4.78, 5) is 11.9. The van der Waals surface area contributed by atoms with Crippen molar-refractivity contribution in [2.24, 2.45) is 5.92 Å². The summed E-state index contributed by atoms with van der Waals surface area (Å²) >= 11 is 12.0. The molecule has 4 nitrogen and oxygen atoms in total. The number of aliphatic hydroxyl groups is 1. The number of hydrogen-bond donors (Lipinski definition) is 2. The summed E-state index contributed by atoms with van der Waals surface area (Å²) in [6, 6.07) is 5.00. The molecule has 0 aromatic heterocycles. The Morgan fingerprint density at radius 3 is 2.62 bits per heavy atom. The summed E-state index contributed by atoms with van der Waals surface area (Å²) in [5.74, 6) is 0.352. The predicted molar refractivity (Wildman–Crippen MR) is 82.6 cm³/mol. The van der Waals surface area contributed by atoms with Crippen molar-refractivity contribution in [3.05, 3.63) is 33.8 Å². The second-order valence-corrected chi connectivity index (χ2v) is 6.13. The minimum Gasteiger partial charge on any atom is -0.386 e. The van der Waals surface area contributed by atoms with Crippen molar-refractivity contribution >= 4 is 29.1 Å². The van der Waals surface area contributed by atoms with E-state index in [1.54, 1.807) is 25.1 Å². The highest BCUT2D eigenvalue weighted by atomic mass is 35.5. The van der Waals surface area contributed by atoms with Crippen molar-refractivity contribution in [1.29, 1.82) is 0 Å². The third kappa shape index (κ3) is 4.85. The van der Waals surface area contributed by atoms with Gasteiger partial charge < -0.3 is 15.2 Å². The van der Waals surface area contributed by atoms with Crippen LogP contribution in [0, 0.1) is 5.92 Å². The standard InChI is InChI=1S/C15H19Cl2NO3/c1-9(21-8-10-5-6-10)15(20)18-7-13(19)14-11(16)3-2-4-12(14)17/h2-4,9-10,13,19H,5-8H2,1H3,(H,18,20)/t9-,13-/m0/s1. The molecule has 0 unspecified atom stereocenters. The summed E-state index contributed by atoms with van der Waals surface area (Å²) in [5.41, 5.74) is 0.424. The maximum Gasteiger partial charge on any atom is 0.248 e. The maximum atomic E-state index is 11.9. The Morgan fingerprint density at radius 1 is 1.43 bits per heavy atom. The van der Waals surface area contributed by atoms with Gasteiger partial charge in [0.05, 0.1) is 12.7 Å². The lowest BCUT2D eigenvalue weighted by molar-refractivity contribution is -0.132. The zero-order valence-electron chi connectivity index (χ0n) is 11.8. The molecule has 2 atom stereocenters. The van der Waals surface area contributed by atoms with Crippen LogP contribution in [0.5, 0.6) is 0 Å². The quantitative estimate of drug-likeness (QED) is 0.807. The fourth-order valence-corrected chi connectivity index (χ4v) is 2.56. The zero-order chi connectivity index (χ0) is 15.4. The van der Waals surface area contributed by atoms with E-state index in [0.29, 0.717) is 28.1 Å². The normalized spacial score (nSPS) is 17.3. The number of ether oxygens (including phenoxy) is 1. The number of benzene rings is 1. The Bertz CT molecular complexity index is 485. The minimum atomic E-state index is -0.953. The van der Waals surface area contributed by atoms with E-state index in [9.17, 15) is 9.90 Å². The zero-order valence-corrected chi connectivity index (χ0v) is 13.3. The first-order chi connectivity index (χ1) is 9.99. The molecule has 1 aliphatic rings. The Kier molecular flexibility index (Phi) is 5.88. The van der Waals surface area contributed by atoms with Gasteiger partial charge in [-0.3, -0.25) is 4.79 Å². The van der Waals surface area contributed by atoms with E-state index >= 15 is 0 Å². The van der Waals surface area contributed by atoms with Crippen LogP contribution in [0.3, 0.4) is 0 Å². The van der Waals surface area contributed by atoms with E-state index in [1.165, 1.54) is 12.8 Å². The van der Waals surface area contributed by atoms with Crippen molar-refractivity contribution in [2.75, 3.05) is 13.2 Å². The average molecular weight is 332 g/mol. The summed E-state index contributed by atoms with van der Waals surface area (Å²) in [7, 11) is 0. The lowest BCUT2D eigenvalue weighted by Gasteiger charge is -2.17. The van der Waals surface area contributed by atoms with Gasteiger partial charge in [0.25, 0.3) is 0 Å². The number of carbonyl (C=O) groups is 1. The largest absolute Gasteiger partial charge is 0.386 e. The lowest BCUT2D eigenvalue weighted by Crippen LogP contribution is -2.37. The summed E-state index contributed by atoms with van der Waals surface area (Å²) in [6.07, 6.45) is 0.876. The van der Waals surface area contributed by atoms with Crippen LogP contribution in [0.2, 0.25) is 10.0 Å². The van der Waals surface area contributed by atoms with E-state index in [2.05, 4.69) is 5.32 Å². The summed E-state index contributed by atoms with van der Waals surface area (Å²) in [5, 5.41) is 13.5. The molecule has 0 bridgehead atoms. The van der Waals surface area contributed by atoms with Crippen LogP contribution in [-0.4, -0.2) is 30.3 Å². The predicted octanol–water partition coefficient (Wildman–Crippen LogP) is 2.96.